The first-order valence-electron chi connectivity index (χ1n) is 6.65. The van der Waals surface area contributed by atoms with Crippen molar-refractivity contribution in [1.29, 1.82) is 0 Å². The van der Waals surface area contributed by atoms with E-state index in [0.29, 0.717) is 17.9 Å². The van der Waals surface area contributed by atoms with Gasteiger partial charge >= 0.3 is 0 Å². The van der Waals surface area contributed by atoms with E-state index >= 15 is 0 Å². The number of nitrogens with zero attached hydrogens (tertiary/aromatic N) is 1. The van der Waals surface area contributed by atoms with Crippen LogP contribution in [0.15, 0.2) is 30.5 Å². The highest BCUT2D eigenvalue weighted by atomic mass is 32.2. The Hall–Kier alpha value is -1.82. The lowest BCUT2D eigenvalue weighted by atomic mass is 10.1. The summed E-state index contributed by atoms with van der Waals surface area (Å²) in [7, 11) is -2.92. The molecule has 3 rings (SSSR count). The van der Waals surface area contributed by atoms with E-state index in [9.17, 15) is 8.42 Å². The van der Waals surface area contributed by atoms with Gasteiger partial charge in [0.15, 0.2) is 9.84 Å². The second kappa shape index (κ2) is 4.94. The van der Waals surface area contributed by atoms with Crippen molar-refractivity contribution in [3.63, 3.8) is 0 Å². The highest BCUT2D eigenvalue weighted by Gasteiger charge is 2.24. The van der Waals surface area contributed by atoms with Gasteiger partial charge in [0.25, 0.3) is 0 Å². The van der Waals surface area contributed by atoms with Crippen LogP contribution >= 0.6 is 0 Å². The summed E-state index contributed by atoms with van der Waals surface area (Å²) in [5.41, 5.74) is 8.18. The van der Waals surface area contributed by atoms with Crippen molar-refractivity contribution in [3.05, 3.63) is 30.5 Å². The van der Waals surface area contributed by atoms with Crippen LogP contribution in [0, 0.1) is 0 Å². The molecule has 1 aliphatic rings. The molecule has 20 heavy (non-hydrogen) atoms. The Labute approximate surface area is 118 Å². The summed E-state index contributed by atoms with van der Waals surface area (Å²) in [6, 6.07) is 7.44. The van der Waals surface area contributed by atoms with E-state index in [2.05, 4.69) is 10.3 Å². The number of anilines is 2. The first kappa shape index (κ1) is 13.2. The number of nitrogens with two attached hydrogens (primary N) is 1. The monoisotopic (exact) mass is 291 g/mol. The van der Waals surface area contributed by atoms with E-state index in [1.165, 1.54) is 0 Å². The quantitative estimate of drug-likeness (QED) is 0.824. The maximum Gasteiger partial charge on any atom is 0.152 e. The summed E-state index contributed by atoms with van der Waals surface area (Å²) < 4.78 is 23.4. The van der Waals surface area contributed by atoms with Crippen LogP contribution in [0.2, 0.25) is 0 Å². The first-order valence-corrected chi connectivity index (χ1v) is 8.47. The van der Waals surface area contributed by atoms with Crippen LogP contribution in [0.25, 0.3) is 10.9 Å². The zero-order valence-corrected chi connectivity index (χ0v) is 11.9. The molecule has 3 N–H and O–H groups in total. The lowest BCUT2D eigenvalue weighted by Gasteiger charge is -2.24. The van der Waals surface area contributed by atoms with Gasteiger partial charge in [-0.2, -0.15) is 0 Å². The average Bonchev–Trinajstić information content (AvgIpc) is 2.41. The largest absolute Gasteiger partial charge is 0.397 e. The van der Waals surface area contributed by atoms with Gasteiger partial charge in [-0.1, -0.05) is 0 Å². The van der Waals surface area contributed by atoms with Crippen LogP contribution in [0.1, 0.15) is 12.8 Å². The van der Waals surface area contributed by atoms with Crippen LogP contribution < -0.4 is 11.1 Å². The Kier molecular flexibility index (Phi) is 3.25. The van der Waals surface area contributed by atoms with Gasteiger partial charge in [-0.15, -0.1) is 0 Å². The Bertz CT molecular complexity index is 743. The maximum atomic E-state index is 11.7. The second-order valence-corrected chi connectivity index (χ2v) is 7.43. The molecular weight excluding hydrogens is 274 g/mol. The molecule has 0 spiro atoms. The van der Waals surface area contributed by atoms with Crippen LogP contribution in [0.5, 0.6) is 0 Å². The standard InChI is InChI=1S/C14H17N3O2S/c15-12-5-6-13(11-4-1-7-16-14(11)12)17-10-3-2-8-20(18,19)9-10/h1,4-7,10,17H,2-3,8-9,15H2. The molecule has 0 radical (unpaired) electrons. The van der Waals surface area contributed by atoms with Crippen molar-refractivity contribution in [3.8, 4) is 0 Å². The fourth-order valence-corrected chi connectivity index (χ4v) is 4.31. The third kappa shape index (κ3) is 2.56. The fraction of sp³-hybridized carbons (Fsp3) is 0.357. The molecule has 1 saturated heterocycles. The molecule has 0 aliphatic carbocycles. The fourth-order valence-electron chi connectivity index (χ4n) is 2.68. The molecule has 1 aromatic carbocycles. The van der Waals surface area contributed by atoms with Gasteiger partial charge in [-0.25, -0.2) is 8.42 Å². The Morgan fingerprint density at radius 2 is 2.15 bits per heavy atom. The molecule has 5 nitrogen and oxygen atoms in total. The smallest absolute Gasteiger partial charge is 0.152 e. The van der Waals surface area contributed by atoms with E-state index in [-0.39, 0.29) is 11.8 Å². The molecule has 106 valence electrons. The van der Waals surface area contributed by atoms with Crippen LogP contribution in [-0.4, -0.2) is 30.9 Å². The molecule has 6 heteroatoms. The summed E-state index contributed by atoms with van der Waals surface area (Å²) in [6.07, 6.45) is 3.28. The molecule has 1 aromatic heterocycles. The topological polar surface area (TPSA) is 85.1 Å². The third-order valence-corrected chi connectivity index (χ3v) is 5.44. The van der Waals surface area contributed by atoms with Crippen LogP contribution in [0.3, 0.4) is 0 Å². The maximum absolute atomic E-state index is 11.7. The number of pyridine rings is 1. The molecule has 1 aliphatic heterocycles. The van der Waals surface area contributed by atoms with Crippen molar-refractivity contribution in [2.24, 2.45) is 0 Å². The van der Waals surface area contributed by atoms with E-state index < -0.39 is 9.84 Å². The summed E-state index contributed by atoms with van der Waals surface area (Å²) >= 11 is 0. The minimum atomic E-state index is -2.92. The zero-order valence-electron chi connectivity index (χ0n) is 11.0. The van der Waals surface area contributed by atoms with Crippen molar-refractivity contribution in [2.75, 3.05) is 22.6 Å². The number of hydrogen-bond acceptors (Lipinski definition) is 5. The molecule has 0 saturated carbocycles. The summed E-state index contributed by atoms with van der Waals surface area (Å²) in [6.45, 7) is 0. The summed E-state index contributed by atoms with van der Waals surface area (Å²) in [5.74, 6) is 0.494. The van der Waals surface area contributed by atoms with E-state index in [1.54, 1.807) is 12.3 Å². The highest BCUT2D eigenvalue weighted by molar-refractivity contribution is 7.91. The number of sulfone groups is 1. The lowest BCUT2D eigenvalue weighted by molar-refractivity contribution is 0.562. The minimum Gasteiger partial charge on any atom is -0.397 e. The number of hydrogen-bond donors (Lipinski definition) is 2. The molecular formula is C14H17N3O2S. The third-order valence-electron chi connectivity index (χ3n) is 3.62. The zero-order chi connectivity index (χ0) is 14.2. The molecule has 1 unspecified atom stereocenters. The number of nitrogen functional groups attached to an aromatic ring is 1. The minimum absolute atomic E-state index is 0.0409. The lowest BCUT2D eigenvalue weighted by Crippen LogP contribution is -2.34. The molecule has 2 heterocycles. The van der Waals surface area contributed by atoms with E-state index in [1.807, 2.05) is 18.2 Å². The number of nitrogens with one attached hydrogen (secondary N) is 1. The summed E-state index contributed by atoms with van der Waals surface area (Å²) in [5, 5.41) is 4.26. The van der Waals surface area contributed by atoms with Gasteiger partial charge in [-0.3, -0.25) is 4.98 Å². The SMILES string of the molecule is Nc1ccc(NC2CCCS(=O)(=O)C2)c2cccnc12. The van der Waals surface area contributed by atoms with Crippen molar-refractivity contribution in [1.82, 2.24) is 4.98 Å². The number of fused-ring (bicyclic) bond motifs is 1. The Balaban J connectivity index is 1.93. The molecule has 1 atom stereocenters. The van der Waals surface area contributed by atoms with Crippen molar-refractivity contribution < 1.29 is 8.42 Å². The normalized spacial score (nSPS) is 21.7. The molecule has 0 bridgehead atoms. The molecule has 0 amide bonds. The molecule has 2 aromatic rings. The van der Waals surface area contributed by atoms with Gasteiger partial charge in [0.1, 0.15) is 0 Å². The van der Waals surface area contributed by atoms with E-state index in [0.717, 1.165) is 23.0 Å². The van der Waals surface area contributed by atoms with Gasteiger partial charge in [0, 0.05) is 23.3 Å². The van der Waals surface area contributed by atoms with Crippen LogP contribution in [-0.2, 0) is 9.84 Å². The number of rotatable bonds is 2. The van der Waals surface area contributed by atoms with E-state index in [4.69, 9.17) is 5.73 Å². The Morgan fingerprint density at radius 3 is 2.95 bits per heavy atom. The van der Waals surface area contributed by atoms with Gasteiger partial charge < -0.3 is 11.1 Å². The number of aromatic nitrogens is 1. The predicted molar refractivity (Wildman–Crippen MR) is 81.5 cm³/mol. The van der Waals surface area contributed by atoms with Crippen molar-refractivity contribution in [2.45, 2.75) is 18.9 Å². The Morgan fingerprint density at radius 1 is 1.30 bits per heavy atom. The second-order valence-electron chi connectivity index (χ2n) is 5.20. The predicted octanol–water partition coefficient (Wildman–Crippen LogP) is 1.81. The first-order chi connectivity index (χ1) is 9.55. The average molecular weight is 291 g/mol. The van der Waals surface area contributed by atoms with Gasteiger partial charge in [-0.05, 0) is 37.1 Å². The van der Waals surface area contributed by atoms with Crippen molar-refractivity contribution >= 4 is 32.1 Å². The highest BCUT2D eigenvalue weighted by Crippen LogP contribution is 2.28. The van der Waals surface area contributed by atoms with Gasteiger partial charge in [0.05, 0.1) is 22.7 Å². The van der Waals surface area contributed by atoms with Gasteiger partial charge in [0.2, 0.25) is 0 Å². The summed E-state index contributed by atoms with van der Waals surface area (Å²) in [4.78, 5) is 4.28. The van der Waals surface area contributed by atoms with Crippen LogP contribution in [0.4, 0.5) is 11.4 Å². The molecule has 1 fully saturated rings. The number of benzene rings is 1.